The van der Waals surface area contributed by atoms with Crippen molar-refractivity contribution in [3.63, 3.8) is 0 Å². The maximum Gasteiger partial charge on any atom is 0.388 e. The largest absolute Gasteiger partial charge is 0.481 e. The summed E-state index contributed by atoms with van der Waals surface area (Å²) >= 11 is 0. The number of rotatable bonds is 7. The molecule has 0 saturated carbocycles. The third-order valence-corrected chi connectivity index (χ3v) is 2.62. The Kier molecular flexibility index (Phi) is 6.02. The number of nitrogens with zero attached hydrogens (tertiary/aromatic N) is 1. The van der Waals surface area contributed by atoms with Gasteiger partial charge in [0.15, 0.2) is 0 Å². The van der Waals surface area contributed by atoms with Gasteiger partial charge in [0.2, 0.25) is 5.88 Å². The zero-order valence-corrected chi connectivity index (χ0v) is 12.1. The minimum Gasteiger partial charge on any atom is -0.481 e. The van der Waals surface area contributed by atoms with Crippen LogP contribution in [-0.4, -0.2) is 34.2 Å². The molecule has 0 unspecified atom stereocenters. The Morgan fingerprint density at radius 1 is 1.41 bits per heavy atom. The molecule has 0 aliphatic rings. The summed E-state index contributed by atoms with van der Waals surface area (Å²) in [7, 11) is 0. The molecule has 0 atom stereocenters. The molecule has 0 aliphatic heterocycles. The Morgan fingerprint density at radius 2 is 2.09 bits per heavy atom. The van der Waals surface area contributed by atoms with Crippen molar-refractivity contribution in [1.29, 1.82) is 0 Å². The van der Waals surface area contributed by atoms with Crippen molar-refractivity contribution >= 4 is 17.7 Å². The van der Waals surface area contributed by atoms with Crippen LogP contribution >= 0.6 is 0 Å². The molecule has 1 heterocycles. The molecule has 22 heavy (non-hydrogen) atoms. The number of carbonyl (C=O) groups excluding carboxylic acids is 1. The molecule has 1 rings (SSSR count). The SMILES string of the molecule is CC(C)(CCC(=O)O)NC(=O)Nc1ccc(OC(F)F)nc1. The highest BCUT2D eigenvalue weighted by Crippen LogP contribution is 2.15. The highest BCUT2D eigenvalue weighted by atomic mass is 19.3. The van der Waals surface area contributed by atoms with E-state index in [1.54, 1.807) is 13.8 Å². The number of ether oxygens (including phenoxy) is 1. The number of carboxylic acids is 1. The number of amides is 2. The van der Waals surface area contributed by atoms with E-state index in [-0.39, 0.29) is 24.4 Å². The maximum atomic E-state index is 12.0. The normalized spacial score (nSPS) is 11.1. The van der Waals surface area contributed by atoms with Gasteiger partial charge < -0.3 is 20.5 Å². The van der Waals surface area contributed by atoms with E-state index in [0.717, 1.165) is 0 Å². The van der Waals surface area contributed by atoms with Gasteiger partial charge in [0.05, 0.1) is 11.9 Å². The number of nitrogens with one attached hydrogen (secondary N) is 2. The maximum absolute atomic E-state index is 12.0. The van der Waals surface area contributed by atoms with Crippen molar-refractivity contribution in [1.82, 2.24) is 10.3 Å². The molecule has 7 nitrogen and oxygen atoms in total. The minimum atomic E-state index is -2.97. The van der Waals surface area contributed by atoms with Crippen LogP contribution in [0.4, 0.5) is 19.3 Å². The lowest BCUT2D eigenvalue weighted by molar-refractivity contribution is -0.137. The van der Waals surface area contributed by atoms with Crippen LogP contribution in [-0.2, 0) is 4.79 Å². The fraction of sp³-hybridized carbons (Fsp3) is 0.462. The second kappa shape index (κ2) is 7.53. The predicted molar refractivity (Wildman–Crippen MR) is 74.0 cm³/mol. The number of carbonyl (C=O) groups is 2. The fourth-order valence-corrected chi connectivity index (χ4v) is 1.57. The fourth-order valence-electron chi connectivity index (χ4n) is 1.57. The van der Waals surface area contributed by atoms with Crippen molar-refractivity contribution in [2.45, 2.75) is 38.8 Å². The van der Waals surface area contributed by atoms with Crippen molar-refractivity contribution in [2.24, 2.45) is 0 Å². The monoisotopic (exact) mass is 317 g/mol. The van der Waals surface area contributed by atoms with Gasteiger partial charge in [0.1, 0.15) is 0 Å². The van der Waals surface area contributed by atoms with Crippen LogP contribution in [0.25, 0.3) is 0 Å². The summed E-state index contributed by atoms with van der Waals surface area (Å²) < 4.78 is 28.0. The number of alkyl halides is 2. The van der Waals surface area contributed by atoms with Gasteiger partial charge in [-0.3, -0.25) is 4.79 Å². The van der Waals surface area contributed by atoms with E-state index >= 15 is 0 Å². The zero-order chi connectivity index (χ0) is 16.8. The molecule has 1 aromatic heterocycles. The van der Waals surface area contributed by atoms with E-state index in [1.165, 1.54) is 18.3 Å². The van der Waals surface area contributed by atoms with Crippen LogP contribution in [0.3, 0.4) is 0 Å². The van der Waals surface area contributed by atoms with Crippen LogP contribution in [0.5, 0.6) is 5.88 Å². The first-order chi connectivity index (χ1) is 10.2. The molecule has 122 valence electrons. The van der Waals surface area contributed by atoms with E-state index in [9.17, 15) is 18.4 Å². The molecule has 0 bridgehead atoms. The van der Waals surface area contributed by atoms with Crippen molar-refractivity contribution < 1.29 is 28.2 Å². The summed E-state index contributed by atoms with van der Waals surface area (Å²) in [6, 6.07) is 1.99. The van der Waals surface area contributed by atoms with Gasteiger partial charge in [0, 0.05) is 18.0 Å². The van der Waals surface area contributed by atoms with Gasteiger partial charge in [-0.1, -0.05) is 0 Å². The van der Waals surface area contributed by atoms with E-state index in [0.29, 0.717) is 0 Å². The Balaban J connectivity index is 2.52. The van der Waals surface area contributed by atoms with Gasteiger partial charge in [-0.2, -0.15) is 8.78 Å². The van der Waals surface area contributed by atoms with Crippen molar-refractivity contribution in [2.75, 3.05) is 5.32 Å². The van der Waals surface area contributed by atoms with Crippen LogP contribution in [0.15, 0.2) is 18.3 Å². The first kappa shape index (κ1) is 17.6. The van der Waals surface area contributed by atoms with E-state index < -0.39 is 24.2 Å². The summed E-state index contributed by atoms with van der Waals surface area (Å²) in [5.74, 6) is -1.21. The predicted octanol–water partition coefficient (Wildman–Crippen LogP) is 2.45. The highest BCUT2D eigenvalue weighted by Gasteiger charge is 2.21. The number of carboxylic acid groups (broad SMARTS) is 1. The Hall–Kier alpha value is -2.45. The van der Waals surface area contributed by atoms with Crippen LogP contribution < -0.4 is 15.4 Å². The lowest BCUT2D eigenvalue weighted by atomic mass is 9.99. The average Bonchev–Trinajstić information content (AvgIpc) is 2.37. The molecule has 9 heteroatoms. The quantitative estimate of drug-likeness (QED) is 0.717. The third-order valence-electron chi connectivity index (χ3n) is 2.62. The van der Waals surface area contributed by atoms with Crippen LogP contribution in [0.1, 0.15) is 26.7 Å². The first-order valence-electron chi connectivity index (χ1n) is 6.40. The van der Waals surface area contributed by atoms with Gasteiger partial charge in [-0.05, 0) is 26.3 Å². The number of halogens is 2. The number of aromatic nitrogens is 1. The summed E-state index contributed by atoms with van der Waals surface area (Å²) in [5, 5.41) is 13.7. The van der Waals surface area contributed by atoms with E-state index in [2.05, 4.69) is 20.4 Å². The van der Waals surface area contributed by atoms with Gasteiger partial charge in [0.25, 0.3) is 0 Å². The highest BCUT2D eigenvalue weighted by molar-refractivity contribution is 5.89. The number of hydrogen-bond acceptors (Lipinski definition) is 4. The molecular weight excluding hydrogens is 300 g/mol. The number of pyridine rings is 1. The molecular formula is C13H17F2N3O4. The van der Waals surface area contributed by atoms with Crippen LogP contribution in [0, 0.1) is 0 Å². The molecule has 0 aliphatic carbocycles. The topological polar surface area (TPSA) is 101 Å². The third kappa shape index (κ3) is 6.82. The van der Waals surface area contributed by atoms with Crippen molar-refractivity contribution in [3.8, 4) is 5.88 Å². The zero-order valence-electron chi connectivity index (χ0n) is 12.1. The Morgan fingerprint density at radius 3 is 2.59 bits per heavy atom. The number of urea groups is 1. The van der Waals surface area contributed by atoms with E-state index in [4.69, 9.17) is 5.11 Å². The molecule has 0 saturated heterocycles. The number of aliphatic carboxylic acids is 1. The van der Waals surface area contributed by atoms with Crippen LogP contribution in [0.2, 0.25) is 0 Å². The smallest absolute Gasteiger partial charge is 0.388 e. The molecule has 1 aromatic rings. The molecule has 0 spiro atoms. The van der Waals surface area contributed by atoms with Gasteiger partial charge >= 0.3 is 18.6 Å². The van der Waals surface area contributed by atoms with Crippen molar-refractivity contribution in [3.05, 3.63) is 18.3 Å². The number of anilines is 1. The summed E-state index contributed by atoms with van der Waals surface area (Å²) in [6.07, 6.45) is 1.35. The lowest BCUT2D eigenvalue weighted by Gasteiger charge is -2.25. The van der Waals surface area contributed by atoms with E-state index in [1.807, 2.05) is 0 Å². The molecule has 0 fully saturated rings. The average molecular weight is 317 g/mol. The number of hydrogen-bond donors (Lipinski definition) is 3. The summed E-state index contributed by atoms with van der Waals surface area (Å²) in [6.45, 7) is 0.408. The Bertz CT molecular complexity index is 521. The first-order valence-corrected chi connectivity index (χ1v) is 6.40. The summed E-state index contributed by atoms with van der Waals surface area (Å²) in [5.41, 5.74) is -0.428. The molecule has 3 N–H and O–H groups in total. The van der Waals surface area contributed by atoms with Gasteiger partial charge in [-0.25, -0.2) is 9.78 Å². The Labute approximate surface area is 125 Å². The lowest BCUT2D eigenvalue weighted by Crippen LogP contribution is -2.45. The van der Waals surface area contributed by atoms with Gasteiger partial charge in [-0.15, -0.1) is 0 Å². The molecule has 0 aromatic carbocycles. The summed E-state index contributed by atoms with van der Waals surface area (Å²) in [4.78, 5) is 25.9. The molecule has 0 radical (unpaired) electrons. The second-order valence-corrected chi connectivity index (χ2v) is 5.12. The second-order valence-electron chi connectivity index (χ2n) is 5.12. The standard InChI is InChI=1S/C13H17F2N3O4/c1-13(2,6-5-10(19)20)18-12(21)17-8-3-4-9(16-7-8)22-11(14)15/h3-4,7,11H,5-6H2,1-2H3,(H,19,20)(H2,17,18,21). The molecule has 2 amide bonds. The minimum absolute atomic E-state index is 0.0749.